The standard InChI is InChI=1S/C8H9BrS/c1-2-10-8-5-3-7(9)4-6-8/h3-6H,2H2,1H3/i1D3,2D2. The van der Waals surface area contributed by atoms with Crippen molar-refractivity contribution in [1.29, 1.82) is 0 Å². The number of benzene rings is 1. The molecule has 1 aromatic rings. The Morgan fingerprint density at radius 1 is 1.60 bits per heavy atom. The molecule has 0 saturated heterocycles. The largest absolute Gasteiger partial charge is 0.126 e. The molecule has 0 radical (unpaired) electrons. The molecule has 0 N–H and O–H groups in total. The summed E-state index contributed by atoms with van der Waals surface area (Å²) < 4.78 is 36.9. The summed E-state index contributed by atoms with van der Waals surface area (Å²) in [7, 11) is 0. The highest BCUT2D eigenvalue weighted by molar-refractivity contribution is 9.10. The van der Waals surface area contributed by atoms with E-state index in [9.17, 15) is 0 Å². The van der Waals surface area contributed by atoms with Gasteiger partial charge in [0.2, 0.25) is 0 Å². The average Bonchev–Trinajstić information content (AvgIpc) is 2.06. The molecular formula is C8H9BrS. The second-order valence-corrected chi connectivity index (χ2v) is 3.45. The molecule has 10 heavy (non-hydrogen) atoms. The van der Waals surface area contributed by atoms with Gasteiger partial charge in [0, 0.05) is 16.2 Å². The molecule has 0 nitrogen and oxygen atoms in total. The van der Waals surface area contributed by atoms with Crippen LogP contribution in [0.4, 0.5) is 0 Å². The van der Waals surface area contributed by atoms with Gasteiger partial charge in [0.25, 0.3) is 0 Å². The van der Waals surface area contributed by atoms with Gasteiger partial charge in [-0.05, 0) is 30.0 Å². The summed E-state index contributed by atoms with van der Waals surface area (Å²) in [5.74, 6) is 0. The molecule has 0 bridgehead atoms. The molecule has 0 spiro atoms. The summed E-state index contributed by atoms with van der Waals surface area (Å²) in [5, 5.41) is 0. The first-order valence-corrected chi connectivity index (χ1v) is 4.28. The maximum atomic E-state index is 7.42. The van der Waals surface area contributed by atoms with Crippen LogP contribution in [0.25, 0.3) is 0 Å². The Balaban J connectivity index is 2.82. The first kappa shape index (κ1) is 3.63. The second-order valence-electron chi connectivity index (χ2n) is 1.66. The summed E-state index contributed by atoms with van der Waals surface area (Å²) in [6.07, 6.45) is 0. The third-order valence-electron chi connectivity index (χ3n) is 0.983. The number of hydrogen-bond acceptors (Lipinski definition) is 1. The molecule has 54 valence electrons. The van der Waals surface area contributed by atoms with Crippen LogP contribution in [-0.2, 0) is 0 Å². The molecule has 0 aliphatic carbocycles. The van der Waals surface area contributed by atoms with Crippen LogP contribution in [0, 0.1) is 0 Å². The van der Waals surface area contributed by atoms with E-state index in [0.29, 0.717) is 16.7 Å². The van der Waals surface area contributed by atoms with Crippen molar-refractivity contribution >= 4 is 27.7 Å². The smallest absolute Gasteiger partial charge is 0.0381 e. The Morgan fingerprint density at radius 2 is 2.30 bits per heavy atom. The van der Waals surface area contributed by atoms with Gasteiger partial charge in [0.05, 0.1) is 0 Å². The summed E-state index contributed by atoms with van der Waals surface area (Å²) in [6, 6.07) is 6.85. The molecule has 0 atom stereocenters. The van der Waals surface area contributed by atoms with Crippen molar-refractivity contribution in [2.24, 2.45) is 0 Å². The van der Waals surface area contributed by atoms with Gasteiger partial charge in [-0.1, -0.05) is 22.8 Å². The number of hydrogen-bond donors (Lipinski definition) is 0. The normalized spacial score (nSPS) is 19.9. The molecule has 1 rings (SSSR count). The molecule has 0 aliphatic rings. The lowest BCUT2D eigenvalue weighted by Gasteiger charge is -1.96. The lowest BCUT2D eigenvalue weighted by atomic mass is 10.4. The van der Waals surface area contributed by atoms with Crippen LogP contribution in [0.5, 0.6) is 0 Å². The minimum Gasteiger partial charge on any atom is -0.126 e. The van der Waals surface area contributed by atoms with Crippen LogP contribution in [0.1, 0.15) is 13.7 Å². The monoisotopic (exact) mass is 221 g/mol. The van der Waals surface area contributed by atoms with E-state index in [1.54, 1.807) is 24.3 Å². The SMILES string of the molecule is [2H]C([2H])([2H])C([2H])([2H])Sc1ccc(Br)cc1. The quantitative estimate of drug-likeness (QED) is 0.689. The van der Waals surface area contributed by atoms with Gasteiger partial charge in [-0.2, -0.15) is 0 Å². The van der Waals surface area contributed by atoms with E-state index in [1.807, 2.05) is 0 Å². The highest BCUT2D eigenvalue weighted by Gasteiger charge is 1.89. The predicted molar refractivity (Wildman–Crippen MR) is 50.5 cm³/mol. The molecule has 0 unspecified atom stereocenters. The number of rotatable bonds is 2. The molecule has 1 aromatic carbocycles. The molecule has 0 saturated carbocycles. The van der Waals surface area contributed by atoms with Crippen molar-refractivity contribution in [3.63, 3.8) is 0 Å². The predicted octanol–water partition coefficient (Wildman–Crippen LogP) is 3.56. The zero-order valence-corrected chi connectivity index (χ0v) is 7.50. The van der Waals surface area contributed by atoms with Crippen molar-refractivity contribution in [3.05, 3.63) is 28.7 Å². The van der Waals surface area contributed by atoms with Crippen molar-refractivity contribution in [3.8, 4) is 0 Å². The third kappa shape index (κ3) is 2.35. The Morgan fingerprint density at radius 3 is 2.90 bits per heavy atom. The lowest BCUT2D eigenvalue weighted by Crippen LogP contribution is -1.70. The first-order chi connectivity index (χ1) is 6.72. The van der Waals surface area contributed by atoms with Crippen LogP contribution in [0.2, 0.25) is 0 Å². The van der Waals surface area contributed by atoms with Gasteiger partial charge in [-0.15, -0.1) is 11.8 Å². The highest BCUT2D eigenvalue weighted by atomic mass is 79.9. The van der Waals surface area contributed by atoms with Crippen LogP contribution in [0.3, 0.4) is 0 Å². The van der Waals surface area contributed by atoms with E-state index < -0.39 is 12.6 Å². The summed E-state index contributed by atoms with van der Waals surface area (Å²) >= 11 is 3.96. The van der Waals surface area contributed by atoms with E-state index in [0.717, 1.165) is 4.47 Å². The van der Waals surface area contributed by atoms with Gasteiger partial charge >= 0.3 is 0 Å². The molecule has 2 heteroatoms. The molecule has 0 heterocycles. The minimum absolute atomic E-state index is 0.597. The van der Waals surface area contributed by atoms with Gasteiger partial charge in [-0.25, -0.2) is 0 Å². The van der Waals surface area contributed by atoms with E-state index in [-0.39, 0.29) is 0 Å². The number of thioether (sulfide) groups is 1. The Bertz CT molecular complexity index is 332. The summed E-state index contributed by atoms with van der Waals surface area (Å²) in [6.45, 7) is -2.62. The molecular weight excluding hydrogens is 208 g/mol. The van der Waals surface area contributed by atoms with Gasteiger partial charge in [0.15, 0.2) is 0 Å². The molecule has 0 amide bonds. The lowest BCUT2D eigenvalue weighted by molar-refractivity contribution is 1.42. The average molecular weight is 222 g/mol. The Hall–Kier alpha value is 0.0500. The van der Waals surface area contributed by atoms with Crippen molar-refractivity contribution in [2.75, 3.05) is 5.70 Å². The van der Waals surface area contributed by atoms with Crippen molar-refractivity contribution in [2.45, 2.75) is 11.7 Å². The fraction of sp³-hybridized carbons (Fsp3) is 0.250. The Labute approximate surface area is 81.2 Å². The van der Waals surface area contributed by atoms with Gasteiger partial charge in [-0.3, -0.25) is 0 Å². The third-order valence-corrected chi connectivity index (χ3v) is 2.12. The van der Waals surface area contributed by atoms with Crippen LogP contribution < -0.4 is 0 Å². The minimum atomic E-state index is -2.62. The summed E-state index contributed by atoms with van der Waals surface area (Å²) in [5.41, 5.74) is -2.26. The van der Waals surface area contributed by atoms with E-state index in [2.05, 4.69) is 15.9 Å². The molecule has 0 fully saturated rings. The van der Waals surface area contributed by atoms with Crippen molar-refractivity contribution < 1.29 is 6.85 Å². The van der Waals surface area contributed by atoms with Crippen LogP contribution >= 0.6 is 27.7 Å². The second kappa shape index (κ2) is 4.04. The summed E-state index contributed by atoms with van der Waals surface area (Å²) in [4.78, 5) is 0.597. The fourth-order valence-electron chi connectivity index (χ4n) is 0.562. The number of halogens is 1. The zero-order chi connectivity index (χ0) is 11.7. The van der Waals surface area contributed by atoms with E-state index >= 15 is 0 Å². The topological polar surface area (TPSA) is 0 Å². The molecule has 0 aromatic heterocycles. The molecule has 0 aliphatic heterocycles. The zero-order valence-electron chi connectivity index (χ0n) is 10.1. The van der Waals surface area contributed by atoms with E-state index in [4.69, 9.17) is 6.85 Å². The first-order valence-electron chi connectivity index (χ1n) is 5.17. The Kier molecular flexibility index (Phi) is 1.47. The van der Waals surface area contributed by atoms with Crippen LogP contribution in [0.15, 0.2) is 33.6 Å². The van der Waals surface area contributed by atoms with Gasteiger partial charge < -0.3 is 0 Å². The van der Waals surface area contributed by atoms with Crippen LogP contribution in [-0.4, -0.2) is 5.70 Å². The maximum Gasteiger partial charge on any atom is 0.0381 e. The maximum absolute atomic E-state index is 7.42. The van der Waals surface area contributed by atoms with Gasteiger partial charge in [0.1, 0.15) is 0 Å². The fourth-order valence-corrected chi connectivity index (χ4v) is 1.22. The van der Waals surface area contributed by atoms with Crippen molar-refractivity contribution in [1.82, 2.24) is 0 Å². The van der Waals surface area contributed by atoms with E-state index in [1.165, 1.54) is 0 Å². The highest BCUT2D eigenvalue weighted by Crippen LogP contribution is 2.19.